The largest absolute Gasteiger partial charge is 0.323 e. The topological polar surface area (TPSA) is 46.9 Å². The van der Waals surface area contributed by atoms with Crippen LogP contribution in [0.4, 0.5) is 14.5 Å². The van der Waals surface area contributed by atoms with Crippen LogP contribution in [0.15, 0.2) is 6.20 Å². The molecule has 0 radical (unpaired) electrons. The van der Waals surface area contributed by atoms with Gasteiger partial charge >= 0.3 is 0 Å². The summed E-state index contributed by atoms with van der Waals surface area (Å²) in [6.45, 7) is 1.25. The van der Waals surface area contributed by atoms with Crippen LogP contribution in [0, 0.1) is 0 Å². The van der Waals surface area contributed by atoms with Crippen molar-refractivity contribution in [2.45, 2.75) is 13.3 Å². The maximum absolute atomic E-state index is 12.4. The standard InChI is InChI=1S/C7H9F2N3O/c1-4(13)11-5-3-10-12(2)6(5)7(8)9/h3,7H,1-2H3,(H,11,13). The molecule has 1 aromatic rings. The van der Waals surface area contributed by atoms with Gasteiger partial charge < -0.3 is 5.32 Å². The van der Waals surface area contributed by atoms with Crippen molar-refractivity contribution >= 4 is 11.6 Å². The van der Waals surface area contributed by atoms with Crippen molar-refractivity contribution in [3.05, 3.63) is 11.9 Å². The fraction of sp³-hybridized carbons (Fsp3) is 0.429. The molecule has 1 rings (SSSR count). The van der Waals surface area contributed by atoms with Crippen molar-refractivity contribution in [1.82, 2.24) is 9.78 Å². The first-order chi connectivity index (χ1) is 6.02. The van der Waals surface area contributed by atoms with E-state index >= 15 is 0 Å². The number of amides is 1. The molecule has 0 saturated heterocycles. The third-order valence-corrected chi connectivity index (χ3v) is 1.50. The minimum atomic E-state index is -2.64. The van der Waals surface area contributed by atoms with Crippen molar-refractivity contribution in [1.29, 1.82) is 0 Å². The predicted octanol–water partition coefficient (Wildman–Crippen LogP) is 1.32. The van der Waals surface area contributed by atoms with Gasteiger partial charge in [0.25, 0.3) is 6.43 Å². The lowest BCUT2D eigenvalue weighted by atomic mass is 10.3. The summed E-state index contributed by atoms with van der Waals surface area (Å²) in [6.07, 6.45) is -1.45. The Balaban J connectivity index is 3.00. The number of carbonyl (C=O) groups is 1. The van der Waals surface area contributed by atoms with Crippen LogP contribution in [-0.4, -0.2) is 15.7 Å². The Labute approximate surface area is 73.5 Å². The minimum absolute atomic E-state index is 0.0602. The number of alkyl halides is 2. The van der Waals surface area contributed by atoms with E-state index in [1.54, 1.807) is 0 Å². The lowest BCUT2D eigenvalue weighted by Gasteiger charge is -2.04. The smallest absolute Gasteiger partial charge is 0.282 e. The Bertz CT molecular complexity index is 322. The molecule has 0 aliphatic heterocycles. The number of aromatic nitrogens is 2. The van der Waals surface area contributed by atoms with Gasteiger partial charge in [-0.3, -0.25) is 9.48 Å². The molecule has 0 aromatic carbocycles. The Morgan fingerprint density at radius 2 is 2.31 bits per heavy atom. The van der Waals surface area contributed by atoms with Gasteiger partial charge in [-0.25, -0.2) is 8.78 Å². The van der Waals surface area contributed by atoms with E-state index in [1.165, 1.54) is 20.2 Å². The number of aryl methyl sites for hydroxylation is 1. The molecule has 0 unspecified atom stereocenters. The highest BCUT2D eigenvalue weighted by atomic mass is 19.3. The van der Waals surface area contributed by atoms with Crippen LogP contribution in [-0.2, 0) is 11.8 Å². The second-order valence-corrected chi connectivity index (χ2v) is 2.55. The molecular formula is C7H9F2N3O. The van der Waals surface area contributed by atoms with Crippen LogP contribution in [0.2, 0.25) is 0 Å². The van der Waals surface area contributed by atoms with Crippen molar-refractivity contribution in [2.24, 2.45) is 7.05 Å². The Kier molecular flexibility index (Phi) is 2.60. The predicted molar refractivity (Wildman–Crippen MR) is 42.5 cm³/mol. The summed E-state index contributed by atoms with van der Waals surface area (Å²) in [7, 11) is 1.40. The number of nitrogens with one attached hydrogen (secondary N) is 1. The number of halogens is 2. The Hall–Kier alpha value is -1.46. The van der Waals surface area contributed by atoms with Crippen molar-refractivity contribution in [2.75, 3.05) is 5.32 Å². The zero-order chi connectivity index (χ0) is 10.0. The van der Waals surface area contributed by atoms with Crippen LogP contribution in [0.5, 0.6) is 0 Å². The van der Waals surface area contributed by atoms with Gasteiger partial charge in [0.1, 0.15) is 5.69 Å². The van der Waals surface area contributed by atoms with Crippen molar-refractivity contribution in [3.63, 3.8) is 0 Å². The molecule has 13 heavy (non-hydrogen) atoms. The number of carbonyl (C=O) groups excluding carboxylic acids is 1. The van der Waals surface area contributed by atoms with E-state index in [0.29, 0.717) is 0 Å². The molecule has 72 valence electrons. The molecule has 0 aliphatic carbocycles. The maximum atomic E-state index is 12.4. The molecule has 0 fully saturated rings. The maximum Gasteiger partial charge on any atom is 0.282 e. The zero-order valence-electron chi connectivity index (χ0n) is 7.21. The average molecular weight is 189 g/mol. The molecule has 0 spiro atoms. The highest BCUT2D eigenvalue weighted by molar-refractivity contribution is 5.89. The summed E-state index contributed by atoms with van der Waals surface area (Å²) in [6, 6.07) is 0. The van der Waals surface area contributed by atoms with E-state index in [4.69, 9.17) is 0 Å². The average Bonchev–Trinajstić information content (AvgIpc) is 2.30. The molecular weight excluding hydrogens is 180 g/mol. The molecule has 0 saturated carbocycles. The molecule has 1 aromatic heterocycles. The number of nitrogens with zero attached hydrogens (tertiary/aromatic N) is 2. The SMILES string of the molecule is CC(=O)Nc1cnn(C)c1C(F)F. The van der Waals surface area contributed by atoms with Gasteiger partial charge in [0.15, 0.2) is 0 Å². The van der Waals surface area contributed by atoms with Gasteiger partial charge in [-0.1, -0.05) is 0 Å². The quantitative estimate of drug-likeness (QED) is 0.762. The first-order valence-electron chi connectivity index (χ1n) is 3.60. The number of hydrogen-bond donors (Lipinski definition) is 1. The van der Waals surface area contributed by atoms with Crippen LogP contribution >= 0.6 is 0 Å². The van der Waals surface area contributed by atoms with Crippen molar-refractivity contribution in [3.8, 4) is 0 Å². The summed E-state index contributed by atoms with van der Waals surface area (Å²) in [5, 5.41) is 5.89. The minimum Gasteiger partial charge on any atom is -0.323 e. The van der Waals surface area contributed by atoms with E-state index in [-0.39, 0.29) is 11.4 Å². The van der Waals surface area contributed by atoms with E-state index in [1.807, 2.05) is 0 Å². The monoisotopic (exact) mass is 189 g/mol. The molecule has 4 nitrogen and oxygen atoms in total. The van der Waals surface area contributed by atoms with E-state index < -0.39 is 12.3 Å². The third kappa shape index (κ3) is 2.01. The van der Waals surface area contributed by atoms with Crippen LogP contribution in [0.3, 0.4) is 0 Å². The molecule has 0 aliphatic rings. The molecule has 1 N–H and O–H groups in total. The summed E-state index contributed by atoms with van der Waals surface area (Å²) in [4.78, 5) is 10.6. The molecule has 0 bridgehead atoms. The Morgan fingerprint density at radius 3 is 2.77 bits per heavy atom. The lowest BCUT2D eigenvalue weighted by Crippen LogP contribution is -2.08. The lowest BCUT2D eigenvalue weighted by molar-refractivity contribution is -0.114. The molecule has 1 amide bonds. The summed E-state index contributed by atoms with van der Waals surface area (Å²) >= 11 is 0. The van der Waals surface area contributed by atoms with Gasteiger partial charge in [-0.05, 0) is 0 Å². The number of anilines is 1. The Morgan fingerprint density at radius 1 is 1.69 bits per heavy atom. The normalized spacial score (nSPS) is 10.5. The summed E-state index contributed by atoms with van der Waals surface area (Å²) in [5.41, 5.74) is -0.222. The third-order valence-electron chi connectivity index (χ3n) is 1.50. The number of rotatable bonds is 2. The highest BCUT2D eigenvalue weighted by Gasteiger charge is 2.18. The van der Waals surface area contributed by atoms with Gasteiger partial charge in [0.2, 0.25) is 5.91 Å². The second kappa shape index (κ2) is 3.51. The van der Waals surface area contributed by atoms with Crippen LogP contribution in [0.1, 0.15) is 19.0 Å². The van der Waals surface area contributed by atoms with Gasteiger partial charge in [-0.15, -0.1) is 0 Å². The van der Waals surface area contributed by atoms with Crippen LogP contribution < -0.4 is 5.32 Å². The van der Waals surface area contributed by atoms with Gasteiger partial charge in [0, 0.05) is 14.0 Å². The number of hydrogen-bond acceptors (Lipinski definition) is 2. The van der Waals surface area contributed by atoms with Crippen LogP contribution in [0.25, 0.3) is 0 Å². The van der Waals surface area contributed by atoms with E-state index in [2.05, 4.69) is 10.4 Å². The van der Waals surface area contributed by atoms with E-state index in [0.717, 1.165) is 4.68 Å². The zero-order valence-corrected chi connectivity index (χ0v) is 7.21. The summed E-state index contributed by atoms with van der Waals surface area (Å²) in [5.74, 6) is -0.394. The fourth-order valence-corrected chi connectivity index (χ4v) is 0.992. The van der Waals surface area contributed by atoms with Gasteiger partial charge in [-0.2, -0.15) is 5.10 Å². The van der Waals surface area contributed by atoms with Gasteiger partial charge in [0.05, 0.1) is 11.9 Å². The molecule has 6 heteroatoms. The first-order valence-corrected chi connectivity index (χ1v) is 3.60. The second-order valence-electron chi connectivity index (χ2n) is 2.55. The first kappa shape index (κ1) is 9.63. The fourth-order valence-electron chi connectivity index (χ4n) is 0.992. The highest BCUT2D eigenvalue weighted by Crippen LogP contribution is 2.25. The molecule has 0 atom stereocenters. The summed E-state index contributed by atoms with van der Waals surface area (Å²) < 4.78 is 25.8. The van der Waals surface area contributed by atoms with E-state index in [9.17, 15) is 13.6 Å². The van der Waals surface area contributed by atoms with Crippen molar-refractivity contribution < 1.29 is 13.6 Å². The molecule has 1 heterocycles.